The largest absolute Gasteiger partial charge is 0.345 e. The summed E-state index contributed by atoms with van der Waals surface area (Å²) in [5.74, 6) is 1.19. The van der Waals surface area contributed by atoms with E-state index in [0.717, 1.165) is 17.1 Å². The molecule has 0 saturated heterocycles. The predicted octanol–water partition coefficient (Wildman–Crippen LogP) is 3.50. The van der Waals surface area contributed by atoms with E-state index in [1.165, 1.54) is 11.8 Å². The van der Waals surface area contributed by atoms with Crippen LogP contribution in [0.2, 0.25) is 0 Å². The maximum atomic E-state index is 12.1. The van der Waals surface area contributed by atoms with Gasteiger partial charge in [-0.05, 0) is 19.1 Å². The molecule has 0 N–H and O–H groups in total. The van der Waals surface area contributed by atoms with Crippen molar-refractivity contribution in [3.8, 4) is 17.1 Å². The molecule has 0 atom stereocenters. The maximum Gasteiger partial charge on any atom is 0.232 e. The van der Waals surface area contributed by atoms with Crippen molar-refractivity contribution in [3.05, 3.63) is 60.7 Å². The van der Waals surface area contributed by atoms with Gasteiger partial charge in [-0.2, -0.15) is 0 Å². The second kappa shape index (κ2) is 7.98. The molecule has 1 amide bonds. The highest BCUT2D eigenvalue weighted by Gasteiger charge is 2.17. The van der Waals surface area contributed by atoms with E-state index >= 15 is 0 Å². The molecule has 0 aliphatic heterocycles. The van der Waals surface area contributed by atoms with Crippen LogP contribution in [-0.4, -0.2) is 44.9 Å². The molecule has 1 heterocycles. The van der Waals surface area contributed by atoms with Crippen molar-refractivity contribution >= 4 is 17.7 Å². The first kappa shape index (κ1) is 17.2. The van der Waals surface area contributed by atoms with Gasteiger partial charge in [0, 0.05) is 24.8 Å². The van der Waals surface area contributed by atoms with E-state index in [2.05, 4.69) is 10.2 Å². The molecule has 2 aromatic carbocycles. The van der Waals surface area contributed by atoms with E-state index in [0.29, 0.717) is 17.5 Å². The number of thioether (sulfide) groups is 1. The van der Waals surface area contributed by atoms with Crippen molar-refractivity contribution in [2.75, 3.05) is 19.3 Å². The molecule has 0 radical (unpaired) electrons. The van der Waals surface area contributed by atoms with E-state index in [9.17, 15) is 4.79 Å². The number of para-hydroxylation sites is 1. The predicted molar refractivity (Wildman–Crippen MR) is 101 cm³/mol. The molecule has 0 aliphatic rings. The lowest BCUT2D eigenvalue weighted by molar-refractivity contribution is -0.126. The zero-order valence-electron chi connectivity index (χ0n) is 14.3. The smallest absolute Gasteiger partial charge is 0.232 e. The van der Waals surface area contributed by atoms with Gasteiger partial charge in [0.05, 0.1) is 5.75 Å². The summed E-state index contributed by atoms with van der Waals surface area (Å²) in [7, 11) is 1.81. The number of rotatable bonds is 6. The summed E-state index contributed by atoms with van der Waals surface area (Å²) < 4.78 is 2.00. The highest BCUT2D eigenvalue weighted by Crippen LogP contribution is 2.27. The van der Waals surface area contributed by atoms with E-state index in [-0.39, 0.29) is 5.91 Å². The fourth-order valence-corrected chi connectivity index (χ4v) is 3.25. The van der Waals surface area contributed by atoms with Crippen LogP contribution >= 0.6 is 11.8 Å². The molecule has 0 bridgehead atoms. The molecule has 128 valence electrons. The average Bonchev–Trinajstić information content (AvgIpc) is 3.10. The Labute approximate surface area is 151 Å². The minimum atomic E-state index is 0.0800. The summed E-state index contributed by atoms with van der Waals surface area (Å²) in [5.41, 5.74) is 1.97. The van der Waals surface area contributed by atoms with E-state index in [4.69, 9.17) is 0 Å². The van der Waals surface area contributed by atoms with E-state index < -0.39 is 0 Å². The number of hydrogen-bond donors (Lipinski definition) is 0. The molecule has 0 aliphatic carbocycles. The Hall–Kier alpha value is -2.60. The lowest BCUT2D eigenvalue weighted by atomic mass is 10.2. The number of benzene rings is 2. The Bertz CT molecular complexity index is 833. The first-order valence-electron chi connectivity index (χ1n) is 8.13. The summed E-state index contributed by atoms with van der Waals surface area (Å²) >= 11 is 1.41. The average molecular weight is 352 g/mol. The lowest BCUT2D eigenvalue weighted by Gasteiger charge is -2.14. The maximum absolute atomic E-state index is 12.1. The molecule has 25 heavy (non-hydrogen) atoms. The normalized spacial score (nSPS) is 10.6. The van der Waals surface area contributed by atoms with Gasteiger partial charge in [0.25, 0.3) is 0 Å². The number of carbonyl (C=O) groups excluding carboxylic acids is 1. The third kappa shape index (κ3) is 3.91. The molecule has 0 fully saturated rings. The Kier molecular flexibility index (Phi) is 5.50. The molecule has 0 spiro atoms. The molecular formula is C19H20N4OS. The molecule has 0 saturated carbocycles. The summed E-state index contributed by atoms with van der Waals surface area (Å²) in [6, 6.07) is 19.9. The molecule has 6 heteroatoms. The molecule has 5 nitrogen and oxygen atoms in total. The number of carbonyl (C=O) groups is 1. The van der Waals surface area contributed by atoms with Crippen molar-refractivity contribution in [2.45, 2.75) is 12.1 Å². The van der Waals surface area contributed by atoms with Gasteiger partial charge in [-0.15, -0.1) is 10.2 Å². The quantitative estimate of drug-likeness (QED) is 0.637. The van der Waals surface area contributed by atoms with Gasteiger partial charge < -0.3 is 4.90 Å². The number of aromatic nitrogens is 3. The van der Waals surface area contributed by atoms with Crippen molar-refractivity contribution < 1.29 is 4.79 Å². The van der Waals surface area contributed by atoms with Crippen LogP contribution in [0.25, 0.3) is 17.1 Å². The van der Waals surface area contributed by atoms with Crippen LogP contribution in [0.4, 0.5) is 0 Å². The number of nitrogens with zero attached hydrogens (tertiary/aromatic N) is 4. The van der Waals surface area contributed by atoms with E-state index in [1.54, 1.807) is 11.9 Å². The monoisotopic (exact) mass is 352 g/mol. The Balaban J connectivity index is 1.96. The van der Waals surface area contributed by atoms with Crippen LogP contribution in [0, 0.1) is 0 Å². The Morgan fingerprint density at radius 3 is 2.32 bits per heavy atom. The Morgan fingerprint density at radius 1 is 1.04 bits per heavy atom. The van der Waals surface area contributed by atoms with E-state index in [1.807, 2.05) is 72.2 Å². The van der Waals surface area contributed by atoms with Crippen LogP contribution in [0.15, 0.2) is 65.8 Å². The van der Waals surface area contributed by atoms with Crippen molar-refractivity contribution in [2.24, 2.45) is 0 Å². The molecule has 3 rings (SSSR count). The molecule has 0 unspecified atom stereocenters. The molecule has 1 aromatic heterocycles. The number of hydrogen-bond acceptors (Lipinski definition) is 4. The van der Waals surface area contributed by atoms with Gasteiger partial charge in [-0.3, -0.25) is 9.36 Å². The molecular weight excluding hydrogens is 332 g/mol. The van der Waals surface area contributed by atoms with Crippen LogP contribution in [0.5, 0.6) is 0 Å². The van der Waals surface area contributed by atoms with Crippen LogP contribution < -0.4 is 0 Å². The second-order valence-corrected chi connectivity index (χ2v) is 6.48. The SMILES string of the molecule is CCN(C)C(=O)CSc1nnc(-c2ccccc2)n1-c1ccccc1. The standard InChI is InChI=1S/C19H20N4OS/c1-3-22(2)17(24)14-25-19-21-20-18(15-10-6-4-7-11-15)23(19)16-12-8-5-9-13-16/h4-13H,3,14H2,1-2H3. The first-order chi connectivity index (χ1) is 12.2. The first-order valence-corrected chi connectivity index (χ1v) is 9.12. The summed E-state index contributed by atoms with van der Waals surface area (Å²) in [6.45, 7) is 2.66. The van der Waals surface area contributed by atoms with Crippen LogP contribution in [0.1, 0.15) is 6.92 Å². The summed E-state index contributed by atoms with van der Waals surface area (Å²) in [6.07, 6.45) is 0. The third-order valence-corrected chi connectivity index (χ3v) is 4.82. The lowest BCUT2D eigenvalue weighted by Crippen LogP contribution is -2.27. The minimum Gasteiger partial charge on any atom is -0.345 e. The molecule has 3 aromatic rings. The van der Waals surface area contributed by atoms with Gasteiger partial charge in [-0.1, -0.05) is 60.3 Å². The highest BCUT2D eigenvalue weighted by molar-refractivity contribution is 7.99. The summed E-state index contributed by atoms with van der Waals surface area (Å²) in [4.78, 5) is 13.8. The summed E-state index contributed by atoms with van der Waals surface area (Å²) in [5, 5.41) is 9.42. The minimum absolute atomic E-state index is 0.0800. The number of amides is 1. The van der Waals surface area contributed by atoms with Gasteiger partial charge in [0.2, 0.25) is 5.91 Å². The van der Waals surface area contributed by atoms with Gasteiger partial charge in [-0.25, -0.2) is 0 Å². The van der Waals surface area contributed by atoms with Crippen molar-refractivity contribution in [1.29, 1.82) is 0 Å². The topological polar surface area (TPSA) is 51.0 Å². The van der Waals surface area contributed by atoms with Crippen LogP contribution in [-0.2, 0) is 4.79 Å². The third-order valence-electron chi connectivity index (χ3n) is 3.90. The van der Waals surface area contributed by atoms with Crippen LogP contribution in [0.3, 0.4) is 0 Å². The van der Waals surface area contributed by atoms with Crippen molar-refractivity contribution in [1.82, 2.24) is 19.7 Å². The highest BCUT2D eigenvalue weighted by atomic mass is 32.2. The second-order valence-electron chi connectivity index (χ2n) is 5.54. The van der Waals surface area contributed by atoms with Gasteiger partial charge in [0.15, 0.2) is 11.0 Å². The zero-order valence-corrected chi connectivity index (χ0v) is 15.1. The Morgan fingerprint density at radius 2 is 1.68 bits per heavy atom. The van der Waals surface area contributed by atoms with Gasteiger partial charge in [0.1, 0.15) is 0 Å². The zero-order chi connectivity index (χ0) is 17.6. The fraction of sp³-hybridized carbons (Fsp3) is 0.211. The fourth-order valence-electron chi connectivity index (χ4n) is 2.36. The van der Waals surface area contributed by atoms with Gasteiger partial charge >= 0.3 is 0 Å². The van der Waals surface area contributed by atoms with Crippen molar-refractivity contribution in [3.63, 3.8) is 0 Å².